The summed E-state index contributed by atoms with van der Waals surface area (Å²) in [7, 11) is 1.39. The van der Waals surface area contributed by atoms with Crippen LogP contribution in [0.4, 0.5) is 0 Å². The molecule has 0 aromatic carbocycles. The minimum Gasteiger partial charge on any atom is -0.466 e. The lowest BCUT2D eigenvalue weighted by molar-refractivity contribution is -0.134. The van der Waals surface area contributed by atoms with E-state index >= 15 is 0 Å². The third-order valence-electron chi connectivity index (χ3n) is 2.43. The summed E-state index contributed by atoms with van der Waals surface area (Å²) in [5.41, 5.74) is 0.934. The third kappa shape index (κ3) is 8.27. The van der Waals surface area contributed by atoms with Gasteiger partial charge in [0, 0.05) is 6.08 Å². The largest absolute Gasteiger partial charge is 0.466 e. The number of hydrogen-bond acceptors (Lipinski definition) is 2. The van der Waals surface area contributed by atoms with Crippen molar-refractivity contribution < 1.29 is 9.53 Å². The van der Waals surface area contributed by atoms with Gasteiger partial charge in [-0.25, -0.2) is 4.79 Å². The van der Waals surface area contributed by atoms with Gasteiger partial charge in [-0.3, -0.25) is 0 Å². The summed E-state index contributed by atoms with van der Waals surface area (Å²) in [4.78, 5) is 10.9. The first-order chi connectivity index (χ1) is 7.45. The summed E-state index contributed by atoms with van der Waals surface area (Å²) in [6, 6.07) is 0. The van der Waals surface area contributed by atoms with E-state index in [2.05, 4.69) is 31.6 Å². The standard InChI is InChI=1S/C14H24O2/c1-11(2)6-7-12(3)8-9-13(4)10-14(15)16-5/h8-12H,6-7H2,1-5H3. The number of allylic oxidation sites excluding steroid dienone is 3. The predicted molar refractivity (Wildman–Crippen MR) is 68.1 cm³/mol. The summed E-state index contributed by atoms with van der Waals surface area (Å²) >= 11 is 0. The lowest BCUT2D eigenvalue weighted by Crippen LogP contribution is -1.96. The van der Waals surface area contributed by atoms with Crippen LogP contribution >= 0.6 is 0 Å². The molecule has 0 aromatic heterocycles. The van der Waals surface area contributed by atoms with Crippen LogP contribution in [0, 0.1) is 11.8 Å². The van der Waals surface area contributed by atoms with Crippen LogP contribution in [0.5, 0.6) is 0 Å². The van der Waals surface area contributed by atoms with Crippen molar-refractivity contribution in [2.75, 3.05) is 7.11 Å². The number of carbonyl (C=O) groups is 1. The minimum atomic E-state index is -0.294. The van der Waals surface area contributed by atoms with Crippen molar-refractivity contribution in [3.05, 3.63) is 23.8 Å². The highest BCUT2D eigenvalue weighted by Crippen LogP contribution is 2.13. The summed E-state index contributed by atoms with van der Waals surface area (Å²) < 4.78 is 4.56. The maximum atomic E-state index is 10.9. The Morgan fingerprint density at radius 3 is 2.38 bits per heavy atom. The van der Waals surface area contributed by atoms with Crippen molar-refractivity contribution in [2.24, 2.45) is 11.8 Å². The average molecular weight is 224 g/mol. The van der Waals surface area contributed by atoms with Crippen molar-refractivity contribution in [2.45, 2.75) is 40.5 Å². The second kappa shape index (κ2) is 8.14. The van der Waals surface area contributed by atoms with E-state index in [0.717, 1.165) is 11.5 Å². The minimum absolute atomic E-state index is 0.294. The number of carbonyl (C=O) groups excluding carboxylic acids is 1. The fourth-order valence-corrected chi connectivity index (χ4v) is 1.30. The monoisotopic (exact) mass is 224 g/mol. The van der Waals surface area contributed by atoms with Gasteiger partial charge in [0.1, 0.15) is 0 Å². The molecule has 0 amide bonds. The van der Waals surface area contributed by atoms with Gasteiger partial charge in [0.25, 0.3) is 0 Å². The molecule has 0 spiro atoms. The van der Waals surface area contributed by atoms with Gasteiger partial charge in [-0.15, -0.1) is 0 Å². The normalized spacial score (nSPS) is 14.5. The van der Waals surface area contributed by atoms with Gasteiger partial charge in [0.15, 0.2) is 0 Å². The second-order valence-electron chi connectivity index (χ2n) is 4.72. The number of hydrogen-bond donors (Lipinski definition) is 0. The molecular formula is C14H24O2. The third-order valence-corrected chi connectivity index (χ3v) is 2.43. The summed E-state index contributed by atoms with van der Waals surface area (Å²) in [5, 5.41) is 0. The van der Waals surface area contributed by atoms with Gasteiger partial charge >= 0.3 is 5.97 Å². The Bertz CT molecular complexity index is 262. The van der Waals surface area contributed by atoms with E-state index in [1.54, 1.807) is 0 Å². The molecule has 0 aliphatic carbocycles. The number of rotatable bonds is 6. The number of methoxy groups -OCH3 is 1. The molecule has 1 atom stereocenters. The molecule has 0 fully saturated rings. The molecule has 16 heavy (non-hydrogen) atoms. The molecule has 0 aromatic rings. The first kappa shape index (κ1) is 14.9. The van der Waals surface area contributed by atoms with E-state index in [1.807, 2.05) is 13.0 Å². The molecule has 0 bridgehead atoms. The molecule has 0 aliphatic rings. The van der Waals surface area contributed by atoms with E-state index in [9.17, 15) is 4.79 Å². The van der Waals surface area contributed by atoms with E-state index in [0.29, 0.717) is 5.92 Å². The second-order valence-corrected chi connectivity index (χ2v) is 4.72. The molecule has 0 saturated heterocycles. The Hall–Kier alpha value is -1.05. The highest BCUT2D eigenvalue weighted by Gasteiger charge is 2.00. The zero-order valence-corrected chi connectivity index (χ0v) is 11.1. The molecule has 0 heterocycles. The molecular weight excluding hydrogens is 200 g/mol. The molecule has 0 radical (unpaired) electrons. The fourth-order valence-electron chi connectivity index (χ4n) is 1.30. The highest BCUT2D eigenvalue weighted by atomic mass is 16.5. The molecule has 1 unspecified atom stereocenters. The Balaban J connectivity index is 4.06. The lowest BCUT2D eigenvalue weighted by atomic mass is 9.98. The van der Waals surface area contributed by atoms with Crippen LogP contribution in [0.2, 0.25) is 0 Å². The van der Waals surface area contributed by atoms with Gasteiger partial charge in [0.2, 0.25) is 0 Å². The molecule has 0 aliphatic heterocycles. The van der Waals surface area contributed by atoms with Crippen molar-refractivity contribution in [1.82, 2.24) is 0 Å². The average Bonchev–Trinajstić information content (AvgIpc) is 2.23. The molecule has 92 valence electrons. The molecule has 2 heteroatoms. The quantitative estimate of drug-likeness (QED) is 0.390. The van der Waals surface area contributed by atoms with Crippen LogP contribution in [0.1, 0.15) is 40.5 Å². The zero-order valence-electron chi connectivity index (χ0n) is 11.1. The van der Waals surface area contributed by atoms with Crippen molar-refractivity contribution in [1.29, 1.82) is 0 Å². The van der Waals surface area contributed by atoms with Crippen molar-refractivity contribution in [3.63, 3.8) is 0 Å². The fraction of sp³-hybridized carbons (Fsp3) is 0.643. The maximum absolute atomic E-state index is 10.9. The van der Waals surface area contributed by atoms with Crippen LogP contribution in [0.3, 0.4) is 0 Å². The Morgan fingerprint density at radius 1 is 1.25 bits per heavy atom. The topological polar surface area (TPSA) is 26.3 Å². The van der Waals surface area contributed by atoms with Crippen molar-refractivity contribution >= 4 is 5.97 Å². The van der Waals surface area contributed by atoms with Gasteiger partial charge < -0.3 is 4.74 Å². The zero-order chi connectivity index (χ0) is 12.6. The van der Waals surface area contributed by atoms with Crippen molar-refractivity contribution in [3.8, 4) is 0 Å². The van der Waals surface area contributed by atoms with E-state index in [1.165, 1.54) is 26.0 Å². The van der Waals surface area contributed by atoms with Gasteiger partial charge in [-0.05, 0) is 30.8 Å². The van der Waals surface area contributed by atoms with Gasteiger partial charge in [-0.2, -0.15) is 0 Å². The van der Waals surface area contributed by atoms with Crippen LogP contribution < -0.4 is 0 Å². The first-order valence-electron chi connectivity index (χ1n) is 5.90. The van der Waals surface area contributed by atoms with Crippen LogP contribution in [0.25, 0.3) is 0 Å². The number of esters is 1. The summed E-state index contributed by atoms with van der Waals surface area (Å²) in [5.74, 6) is 1.02. The summed E-state index contributed by atoms with van der Waals surface area (Å²) in [6.07, 6.45) is 8.08. The lowest BCUT2D eigenvalue weighted by Gasteiger charge is -2.08. The molecule has 2 nitrogen and oxygen atoms in total. The Morgan fingerprint density at radius 2 is 1.88 bits per heavy atom. The van der Waals surface area contributed by atoms with Crippen LogP contribution in [-0.2, 0) is 9.53 Å². The Kier molecular flexibility index (Phi) is 7.61. The first-order valence-corrected chi connectivity index (χ1v) is 5.90. The smallest absolute Gasteiger partial charge is 0.330 e. The molecule has 0 saturated carbocycles. The van der Waals surface area contributed by atoms with Gasteiger partial charge in [-0.1, -0.05) is 39.3 Å². The predicted octanol–water partition coefficient (Wildman–Crippen LogP) is 3.73. The van der Waals surface area contributed by atoms with E-state index in [-0.39, 0.29) is 5.97 Å². The molecule has 0 N–H and O–H groups in total. The summed E-state index contributed by atoms with van der Waals surface area (Å²) in [6.45, 7) is 8.57. The van der Waals surface area contributed by atoms with E-state index in [4.69, 9.17) is 0 Å². The van der Waals surface area contributed by atoms with Crippen LogP contribution in [0.15, 0.2) is 23.8 Å². The SMILES string of the molecule is COC(=O)C=C(C)C=CC(C)CCC(C)C. The Labute approximate surface area is 99.4 Å². The van der Waals surface area contributed by atoms with Crippen LogP contribution in [-0.4, -0.2) is 13.1 Å². The molecule has 0 rings (SSSR count). The van der Waals surface area contributed by atoms with Gasteiger partial charge in [0.05, 0.1) is 7.11 Å². The number of ether oxygens (including phenoxy) is 1. The highest BCUT2D eigenvalue weighted by molar-refractivity contribution is 5.83. The van der Waals surface area contributed by atoms with E-state index < -0.39 is 0 Å². The maximum Gasteiger partial charge on any atom is 0.330 e.